The summed E-state index contributed by atoms with van der Waals surface area (Å²) < 4.78 is 12.6. The standard InChI is InChI=1S/C19H18N4O2S/c1-12-6-4-5-7-14(12)18-20-21-19-23(18)22-15(11-26-19)13-8-9-16(24-2)17(10-13)25-3/h4-11,22H,1-3H3. The molecule has 0 fully saturated rings. The molecule has 132 valence electrons. The van der Waals surface area contributed by atoms with Gasteiger partial charge in [0.1, 0.15) is 0 Å². The molecule has 0 unspecified atom stereocenters. The molecule has 6 nitrogen and oxygen atoms in total. The van der Waals surface area contributed by atoms with Crippen LogP contribution < -0.4 is 14.9 Å². The van der Waals surface area contributed by atoms with E-state index in [0.717, 1.165) is 33.4 Å². The van der Waals surface area contributed by atoms with Crippen molar-refractivity contribution in [3.8, 4) is 22.9 Å². The molecular formula is C19H18N4O2S. The summed E-state index contributed by atoms with van der Waals surface area (Å²) in [5.74, 6) is 2.17. The van der Waals surface area contributed by atoms with Crippen molar-refractivity contribution in [2.45, 2.75) is 12.1 Å². The lowest BCUT2D eigenvalue weighted by atomic mass is 10.1. The van der Waals surface area contributed by atoms with Crippen molar-refractivity contribution in [1.29, 1.82) is 0 Å². The van der Waals surface area contributed by atoms with Gasteiger partial charge in [-0.1, -0.05) is 36.0 Å². The van der Waals surface area contributed by atoms with Gasteiger partial charge < -0.3 is 9.47 Å². The minimum atomic E-state index is 0.686. The maximum absolute atomic E-state index is 5.41. The summed E-state index contributed by atoms with van der Waals surface area (Å²) in [6.07, 6.45) is 0. The van der Waals surface area contributed by atoms with Crippen molar-refractivity contribution in [2.24, 2.45) is 0 Å². The average molecular weight is 366 g/mol. The summed E-state index contributed by atoms with van der Waals surface area (Å²) >= 11 is 1.53. The molecule has 0 spiro atoms. The van der Waals surface area contributed by atoms with Gasteiger partial charge in [0.25, 0.3) is 0 Å². The first kappa shape index (κ1) is 16.5. The molecule has 0 saturated heterocycles. The van der Waals surface area contributed by atoms with Gasteiger partial charge in [-0.2, -0.15) is 0 Å². The number of aromatic nitrogens is 3. The summed E-state index contributed by atoms with van der Waals surface area (Å²) in [5.41, 5.74) is 7.54. The smallest absolute Gasteiger partial charge is 0.214 e. The van der Waals surface area contributed by atoms with Gasteiger partial charge in [-0.05, 0) is 30.7 Å². The van der Waals surface area contributed by atoms with E-state index in [2.05, 4.69) is 28.6 Å². The quantitative estimate of drug-likeness (QED) is 0.755. The van der Waals surface area contributed by atoms with Crippen molar-refractivity contribution >= 4 is 17.5 Å². The molecule has 26 heavy (non-hydrogen) atoms. The van der Waals surface area contributed by atoms with Crippen LogP contribution in [0.1, 0.15) is 11.1 Å². The van der Waals surface area contributed by atoms with Crippen LogP contribution in [0, 0.1) is 6.92 Å². The number of hydrogen-bond acceptors (Lipinski definition) is 6. The van der Waals surface area contributed by atoms with Crippen LogP contribution in [-0.4, -0.2) is 29.1 Å². The second-order valence-electron chi connectivity index (χ2n) is 5.79. The van der Waals surface area contributed by atoms with Crippen LogP contribution in [-0.2, 0) is 0 Å². The van der Waals surface area contributed by atoms with Crippen LogP contribution in [0.25, 0.3) is 17.1 Å². The zero-order valence-electron chi connectivity index (χ0n) is 14.7. The Kier molecular flexibility index (Phi) is 4.30. The maximum Gasteiger partial charge on any atom is 0.214 e. The highest BCUT2D eigenvalue weighted by Crippen LogP contribution is 2.35. The third-order valence-electron chi connectivity index (χ3n) is 4.23. The maximum atomic E-state index is 5.41. The molecule has 2 aromatic carbocycles. The van der Waals surface area contributed by atoms with Gasteiger partial charge in [0, 0.05) is 16.5 Å². The monoisotopic (exact) mass is 366 g/mol. The molecule has 0 aliphatic carbocycles. The normalized spacial score (nSPS) is 12.8. The molecule has 2 heterocycles. The minimum absolute atomic E-state index is 0.686. The molecule has 0 amide bonds. The van der Waals surface area contributed by atoms with Crippen LogP contribution >= 0.6 is 11.8 Å². The Morgan fingerprint density at radius 1 is 1.00 bits per heavy atom. The molecule has 1 aromatic heterocycles. The van der Waals surface area contributed by atoms with Crippen molar-refractivity contribution in [3.63, 3.8) is 0 Å². The molecule has 0 saturated carbocycles. The number of thioether (sulfide) groups is 1. The number of rotatable bonds is 4. The first-order valence-electron chi connectivity index (χ1n) is 8.09. The van der Waals surface area contributed by atoms with Crippen molar-refractivity contribution in [1.82, 2.24) is 14.9 Å². The lowest BCUT2D eigenvalue weighted by Crippen LogP contribution is -2.18. The van der Waals surface area contributed by atoms with Gasteiger partial charge >= 0.3 is 0 Å². The number of ether oxygens (including phenoxy) is 2. The Labute approximate surface area is 155 Å². The SMILES string of the molecule is COc1ccc(C2=CSc3nnc(-c4ccccc4C)n3N2)cc1OC. The summed E-state index contributed by atoms with van der Waals surface area (Å²) in [6.45, 7) is 2.07. The topological polar surface area (TPSA) is 61.2 Å². The fraction of sp³-hybridized carbons (Fsp3) is 0.158. The summed E-state index contributed by atoms with van der Waals surface area (Å²) in [4.78, 5) is 0. The van der Waals surface area contributed by atoms with Crippen molar-refractivity contribution in [2.75, 3.05) is 19.6 Å². The van der Waals surface area contributed by atoms with Gasteiger partial charge in [0.05, 0.1) is 19.9 Å². The van der Waals surface area contributed by atoms with E-state index >= 15 is 0 Å². The van der Waals surface area contributed by atoms with Crippen LogP contribution in [0.15, 0.2) is 53.0 Å². The third kappa shape index (κ3) is 2.80. The lowest BCUT2D eigenvalue weighted by molar-refractivity contribution is 0.355. The van der Waals surface area contributed by atoms with Crippen molar-refractivity contribution in [3.05, 3.63) is 59.0 Å². The van der Waals surface area contributed by atoms with E-state index in [-0.39, 0.29) is 0 Å². The number of nitrogens with zero attached hydrogens (tertiary/aromatic N) is 3. The molecule has 1 aliphatic heterocycles. The lowest BCUT2D eigenvalue weighted by Gasteiger charge is -2.20. The number of fused-ring (bicyclic) bond motifs is 1. The van der Waals surface area contributed by atoms with Crippen LogP contribution in [0.3, 0.4) is 0 Å². The van der Waals surface area contributed by atoms with Gasteiger partial charge in [-0.25, -0.2) is 4.68 Å². The first-order valence-corrected chi connectivity index (χ1v) is 8.97. The van der Waals surface area contributed by atoms with E-state index in [1.807, 2.05) is 46.5 Å². The fourth-order valence-corrected chi connectivity index (χ4v) is 3.58. The molecule has 7 heteroatoms. The Hall–Kier alpha value is -2.93. The Morgan fingerprint density at radius 2 is 1.81 bits per heavy atom. The zero-order valence-corrected chi connectivity index (χ0v) is 15.5. The number of hydrogen-bond donors (Lipinski definition) is 1. The average Bonchev–Trinajstić information content (AvgIpc) is 3.10. The number of methoxy groups -OCH3 is 2. The van der Waals surface area contributed by atoms with Crippen LogP contribution in [0.4, 0.5) is 0 Å². The predicted molar refractivity (Wildman–Crippen MR) is 103 cm³/mol. The molecule has 0 bridgehead atoms. The Morgan fingerprint density at radius 3 is 2.58 bits per heavy atom. The second-order valence-corrected chi connectivity index (χ2v) is 6.62. The molecule has 0 atom stereocenters. The van der Waals surface area contributed by atoms with E-state index in [4.69, 9.17) is 9.47 Å². The van der Waals surface area contributed by atoms with E-state index in [0.29, 0.717) is 11.5 Å². The first-order chi connectivity index (χ1) is 12.7. The number of benzene rings is 2. The number of nitrogens with one attached hydrogen (secondary N) is 1. The zero-order chi connectivity index (χ0) is 18.1. The van der Waals surface area contributed by atoms with E-state index in [1.165, 1.54) is 11.8 Å². The molecular weight excluding hydrogens is 348 g/mol. The highest BCUT2D eigenvalue weighted by atomic mass is 32.2. The summed E-state index contributed by atoms with van der Waals surface area (Å²) in [5, 5.41) is 11.5. The number of aryl methyl sites for hydroxylation is 1. The van der Waals surface area contributed by atoms with Crippen molar-refractivity contribution < 1.29 is 9.47 Å². The summed E-state index contributed by atoms with van der Waals surface area (Å²) in [6, 6.07) is 14.0. The minimum Gasteiger partial charge on any atom is -0.493 e. The molecule has 3 aromatic rings. The molecule has 1 aliphatic rings. The highest BCUT2D eigenvalue weighted by molar-refractivity contribution is 8.02. The Balaban J connectivity index is 1.70. The predicted octanol–water partition coefficient (Wildman–Crippen LogP) is 3.92. The fourth-order valence-electron chi connectivity index (χ4n) is 2.84. The van der Waals surface area contributed by atoms with E-state index in [1.54, 1.807) is 14.2 Å². The highest BCUT2D eigenvalue weighted by Gasteiger charge is 2.21. The van der Waals surface area contributed by atoms with Crippen LogP contribution in [0.2, 0.25) is 0 Å². The Bertz CT molecular complexity index is 997. The largest absolute Gasteiger partial charge is 0.493 e. The van der Waals surface area contributed by atoms with Gasteiger partial charge in [0.2, 0.25) is 5.16 Å². The van der Waals surface area contributed by atoms with E-state index in [9.17, 15) is 0 Å². The third-order valence-corrected chi connectivity index (χ3v) is 5.06. The van der Waals surface area contributed by atoms with Gasteiger partial charge in [0.15, 0.2) is 17.3 Å². The molecule has 1 N–H and O–H groups in total. The molecule has 0 radical (unpaired) electrons. The van der Waals surface area contributed by atoms with E-state index < -0.39 is 0 Å². The molecule has 4 rings (SSSR count). The van der Waals surface area contributed by atoms with Gasteiger partial charge in [-0.3, -0.25) is 5.43 Å². The summed E-state index contributed by atoms with van der Waals surface area (Å²) in [7, 11) is 3.26. The second kappa shape index (κ2) is 6.76. The van der Waals surface area contributed by atoms with Gasteiger partial charge in [-0.15, -0.1) is 10.2 Å². The van der Waals surface area contributed by atoms with Crippen LogP contribution in [0.5, 0.6) is 11.5 Å².